The van der Waals surface area contributed by atoms with E-state index < -0.39 is 0 Å². The third-order valence-electron chi connectivity index (χ3n) is 4.15. The fourth-order valence-corrected chi connectivity index (χ4v) is 3.24. The van der Waals surface area contributed by atoms with Gasteiger partial charge in [-0.15, -0.1) is 0 Å². The molecule has 0 saturated carbocycles. The van der Waals surface area contributed by atoms with Gasteiger partial charge in [0.1, 0.15) is 5.82 Å². The minimum absolute atomic E-state index is 0.111. The standard InChI is InChI=1S/C18H19F/c1-2-5-14-11-16-12-17(19)9-8-13(16)10-15-6-3-4-7-18(14)15/h3-4,6-9,12,14H,2,5,10-11H2,1H3/t14-/m0/s1. The summed E-state index contributed by atoms with van der Waals surface area (Å²) in [6, 6.07) is 14.0. The second kappa shape index (κ2) is 5.16. The van der Waals surface area contributed by atoms with E-state index in [4.69, 9.17) is 0 Å². The lowest BCUT2D eigenvalue weighted by molar-refractivity contribution is 0.600. The first-order valence-corrected chi connectivity index (χ1v) is 7.13. The summed E-state index contributed by atoms with van der Waals surface area (Å²) >= 11 is 0. The molecule has 0 bridgehead atoms. The highest BCUT2D eigenvalue weighted by molar-refractivity contribution is 5.42. The van der Waals surface area contributed by atoms with Gasteiger partial charge in [0.15, 0.2) is 0 Å². The average Bonchev–Trinajstić information content (AvgIpc) is 2.56. The van der Waals surface area contributed by atoms with Crippen LogP contribution in [0.25, 0.3) is 0 Å². The minimum atomic E-state index is -0.111. The van der Waals surface area contributed by atoms with Crippen molar-refractivity contribution in [3.63, 3.8) is 0 Å². The van der Waals surface area contributed by atoms with Gasteiger partial charge < -0.3 is 0 Å². The van der Waals surface area contributed by atoms with Crippen LogP contribution in [0, 0.1) is 5.82 Å². The Balaban J connectivity index is 2.09. The van der Waals surface area contributed by atoms with Crippen LogP contribution in [0.4, 0.5) is 4.39 Å². The van der Waals surface area contributed by atoms with Crippen molar-refractivity contribution in [1.29, 1.82) is 0 Å². The number of fused-ring (bicyclic) bond motifs is 2. The summed E-state index contributed by atoms with van der Waals surface area (Å²) in [6.07, 6.45) is 4.25. The van der Waals surface area contributed by atoms with Gasteiger partial charge >= 0.3 is 0 Å². The summed E-state index contributed by atoms with van der Waals surface area (Å²) in [5.41, 5.74) is 5.34. The lowest BCUT2D eigenvalue weighted by atomic mass is 9.88. The molecule has 1 aliphatic rings. The molecule has 1 atom stereocenters. The van der Waals surface area contributed by atoms with Crippen LogP contribution < -0.4 is 0 Å². The Bertz CT molecular complexity index is 586. The Hall–Kier alpha value is -1.63. The van der Waals surface area contributed by atoms with E-state index >= 15 is 0 Å². The van der Waals surface area contributed by atoms with Gasteiger partial charge in [-0.1, -0.05) is 43.7 Å². The molecule has 0 heterocycles. The molecule has 19 heavy (non-hydrogen) atoms. The Labute approximate surface area is 114 Å². The number of benzene rings is 2. The van der Waals surface area contributed by atoms with Crippen molar-refractivity contribution in [2.24, 2.45) is 0 Å². The molecule has 1 aliphatic carbocycles. The number of hydrogen-bond acceptors (Lipinski definition) is 0. The molecular weight excluding hydrogens is 235 g/mol. The Kier molecular flexibility index (Phi) is 3.37. The zero-order valence-corrected chi connectivity index (χ0v) is 11.3. The van der Waals surface area contributed by atoms with Crippen molar-refractivity contribution >= 4 is 0 Å². The first-order chi connectivity index (χ1) is 9.28. The van der Waals surface area contributed by atoms with Crippen molar-refractivity contribution in [3.05, 3.63) is 70.5 Å². The van der Waals surface area contributed by atoms with Gasteiger partial charge in [-0.2, -0.15) is 0 Å². The van der Waals surface area contributed by atoms with Crippen LogP contribution in [0.2, 0.25) is 0 Å². The zero-order chi connectivity index (χ0) is 13.2. The average molecular weight is 254 g/mol. The van der Waals surface area contributed by atoms with Crippen molar-refractivity contribution in [3.8, 4) is 0 Å². The lowest BCUT2D eigenvalue weighted by Gasteiger charge is -2.17. The molecule has 3 rings (SSSR count). The fraction of sp³-hybridized carbons (Fsp3) is 0.333. The smallest absolute Gasteiger partial charge is 0.123 e. The maximum atomic E-state index is 13.5. The van der Waals surface area contributed by atoms with E-state index in [1.165, 1.54) is 35.1 Å². The number of hydrogen-bond donors (Lipinski definition) is 0. The topological polar surface area (TPSA) is 0 Å². The molecule has 0 N–H and O–H groups in total. The second-order valence-electron chi connectivity index (χ2n) is 5.48. The molecule has 0 aliphatic heterocycles. The molecular formula is C18H19F. The monoisotopic (exact) mass is 254 g/mol. The summed E-state index contributed by atoms with van der Waals surface area (Å²) < 4.78 is 13.5. The van der Waals surface area contributed by atoms with Gasteiger partial charge in [0, 0.05) is 0 Å². The van der Waals surface area contributed by atoms with Crippen molar-refractivity contribution < 1.29 is 4.39 Å². The molecule has 0 unspecified atom stereocenters. The summed E-state index contributed by atoms with van der Waals surface area (Å²) in [7, 11) is 0. The van der Waals surface area contributed by atoms with Gasteiger partial charge in [-0.05, 0) is 59.6 Å². The molecule has 2 aromatic carbocycles. The van der Waals surface area contributed by atoms with Crippen LogP contribution in [-0.2, 0) is 12.8 Å². The normalized spacial score (nSPS) is 17.5. The van der Waals surface area contributed by atoms with Crippen LogP contribution >= 0.6 is 0 Å². The van der Waals surface area contributed by atoms with Gasteiger partial charge in [0.05, 0.1) is 0 Å². The van der Waals surface area contributed by atoms with E-state index in [9.17, 15) is 4.39 Å². The summed E-state index contributed by atoms with van der Waals surface area (Å²) in [6.45, 7) is 2.22. The SMILES string of the molecule is CCC[C@H]1Cc2cc(F)ccc2Cc2ccccc21. The lowest BCUT2D eigenvalue weighted by Crippen LogP contribution is -2.03. The van der Waals surface area contributed by atoms with E-state index in [2.05, 4.69) is 31.2 Å². The van der Waals surface area contributed by atoms with E-state index in [1.54, 1.807) is 12.1 Å². The van der Waals surface area contributed by atoms with E-state index in [0.717, 1.165) is 12.8 Å². The first-order valence-electron chi connectivity index (χ1n) is 7.13. The third kappa shape index (κ3) is 2.42. The highest BCUT2D eigenvalue weighted by Gasteiger charge is 2.21. The van der Waals surface area contributed by atoms with Crippen LogP contribution in [0.1, 0.15) is 47.9 Å². The third-order valence-corrected chi connectivity index (χ3v) is 4.15. The van der Waals surface area contributed by atoms with Crippen LogP contribution in [0.3, 0.4) is 0 Å². The van der Waals surface area contributed by atoms with Gasteiger partial charge in [0.25, 0.3) is 0 Å². The van der Waals surface area contributed by atoms with Crippen LogP contribution in [-0.4, -0.2) is 0 Å². The predicted molar refractivity (Wildman–Crippen MR) is 77.0 cm³/mol. The molecule has 0 amide bonds. The molecule has 0 radical (unpaired) electrons. The van der Waals surface area contributed by atoms with Crippen molar-refractivity contribution in [1.82, 2.24) is 0 Å². The minimum Gasteiger partial charge on any atom is -0.207 e. The van der Waals surface area contributed by atoms with Crippen LogP contribution in [0.5, 0.6) is 0 Å². The molecule has 0 saturated heterocycles. The number of halogens is 1. The van der Waals surface area contributed by atoms with E-state index in [1.807, 2.05) is 6.07 Å². The summed E-state index contributed by atoms with van der Waals surface area (Å²) in [5.74, 6) is 0.421. The predicted octanol–water partition coefficient (Wildman–Crippen LogP) is 4.86. The van der Waals surface area contributed by atoms with Gasteiger partial charge in [0.2, 0.25) is 0 Å². The fourth-order valence-electron chi connectivity index (χ4n) is 3.24. The van der Waals surface area contributed by atoms with Gasteiger partial charge in [-0.3, -0.25) is 0 Å². The van der Waals surface area contributed by atoms with E-state index in [-0.39, 0.29) is 5.82 Å². The molecule has 0 aromatic heterocycles. The first kappa shape index (κ1) is 12.4. The molecule has 2 aromatic rings. The Morgan fingerprint density at radius 2 is 1.89 bits per heavy atom. The maximum absolute atomic E-state index is 13.5. The molecule has 0 fully saturated rings. The highest BCUT2D eigenvalue weighted by atomic mass is 19.1. The van der Waals surface area contributed by atoms with E-state index in [0.29, 0.717) is 5.92 Å². The molecule has 0 spiro atoms. The van der Waals surface area contributed by atoms with Crippen molar-refractivity contribution in [2.75, 3.05) is 0 Å². The highest BCUT2D eigenvalue weighted by Crippen LogP contribution is 2.34. The summed E-state index contributed by atoms with van der Waals surface area (Å²) in [4.78, 5) is 0. The molecule has 1 heteroatoms. The zero-order valence-electron chi connectivity index (χ0n) is 11.3. The Morgan fingerprint density at radius 3 is 2.74 bits per heavy atom. The van der Waals surface area contributed by atoms with Gasteiger partial charge in [-0.25, -0.2) is 4.39 Å². The van der Waals surface area contributed by atoms with Crippen molar-refractivity contribution in [2.45, 2.75) is 38.5 Å². The summed E-state index contributed by atoms with van der Waals surface area (Å²) in [5, 5.41) is 0. The molecule has 0 nitrogen and oxygen atoms in total. The quantitative estimate of drug-likeness (QED) is 0.718. The van der Waals surface area contributed by atoms with Crippen LogP contribution in [0.15, 0.2) is 42.5 Å². The maximum Gasteiger partial charge on any atom is 0.123 e. The molecule has 98 valence electrons. The Morgan fingerprint density at radius 1 is 1.05 bits per heavy atom. The largest absolute Gasteiger partial charge is 0.207 e. The second-order valence-corrected chi connectivity index (χ2v) is 5.48. The number of rotatable bonds is 2.